The molecule has 2 rings (SSSR count). The highest BCUT2D eigenvalue weighted by molar-refractivity contribution is 7.89. The second-order valence-electron chi connectivity index (χ2n) is 7.56. The van der Waals surface area contributed by atoms with Crippen LogP contribution in [0.1, 0.15) is 47.7 Å². The number of aryl methyl sites for hydroxylation is 2. The van der Waals surface area contributed by atoms with Crippen molar-refractivity contribution in [1.82, 2.24) is 10.0 Å². The summed E-state index contributed by atoms with van der Waals surface area (Å²) in [6, 6.07) is 4.81. The standard InChI is InChI=1S/C22H29FN2O4S/c1-12-10-13(2)15(4)21(14(12)3)30(27,28)25-17(6)22(26)24-16(5)18-8-9-20(29-7)19(23)11-18/h8-11,16-17,25H,1-7H3,(H,24,26)/t16?,17-/m0/s1. The van der Waals surface area contributed by atoms with Gasteiger partial charge in [0.2, 0.25) is 15.9 Å². The molecule has 0 fully saturated rings. The second-order valence-corrected chi connectivity index (χ2v) is 9.21. The first-order valence-electron chi connectivity index (χ1n) is 9.62. The molecule has 2 aromatic carbocycles. The minimum absolute atomic E-state index is 0.109. The highest BCUT2D eigenvalue weighted by atomic mass is 32.2. The Morgan fingerprint density at radius 3 is 2.10 bits per heavy atom. The van der Waals surface area contributed by atoms with E-state index in [4.69, 9.17) is 4.74 Å². The van der Waals surface area contributed by atoms with Crippen molar-refractivity contribution in [2.45, 2.75) is 58.5 Å². The summed E-state index contributed by atoms with van der Waals surface area (Å²) in [5, 5.41) is 2.71. The Morgan fingerprint density at radius 2 is 1.60 bits per heavy atom. The molecule has 2 N–H and O–H groups in total. The molecule has 8 heteroatoms. The number of carbonyl (C=O) groups is 1. The third-order valence-electron chi connectivity index (χ3n) is 5.33. The van der Waals surface area contributed by atoms with E-state index >= 15 is 0 Å². The molecule has 2 aromatic rings. The normalized spacial score (nSPS) is 13.6. The van der Waals surface area contributed by atoms with E-state index in [0.29, 0.717) is 16.7 Å². The number of benzene rings is 2. The van der Waals surface area contributed by atoms with Gasteiger partial charge < -0.3 is 10.1 Å². The highest BCUT2D eigenvalue weighted by Gasteiger charge is 2.27. The molecule has 6 nitrogen and oxygen atoms in total. The van der Waals surface area contributed by atoms with Crippen LogP contribution in [-0.4, -0.2) is 27.5 Å². The van der Waals surface area contributed by atoms with Gasteiger partial charge in [-0.05, 0) is 81.5 Å². The molecule has 0 bridgehead atoms. The Labute approximate surface area is 177 Å². The Balaban J connectivity index is 2.18. The van der Waals surface area contributed by atoms with E-state index in [0.717, 1.165) is 11.1 Å². The maximum atomic E-state index is 13.9. The van der Waals surface area contributed by atoms with Crippen molar-refractivity contribution >= 4 is 15.9 Å². The molecule has 0 aliphatic heterocycles. The number of carbonyl (C=O) groups excluding carboxylic acids is 1. The lowest BCUT2D eigenvalue weighted by molar-refractivity contribution is -0.123. The number of amides is 1. The zero-order valence-electron chi connectivity index (χ0n) is 18.4. The molecule has 2 atom stereocenters. The third-order valence-corrected chi connectivity index (χ3v) is 7.14. The number of methoxy groups -OCH3 is 1. The highest BCUT2D eigenvalue weighted by Crippen LogP contribution is 2.26. The number of sulfonamides is 1. The molecule has 0 aliphatic rings. The van der Waals surface area contributed by atoms with Crippen LogP contribution in [-0.2, 0) is 14.8 Å². The van der Waals surface area contributed by atoms with E-state index in [9.17, 15) is 17.6 Å². The first-order valence-corrected chi connectivity index (χ1v) is 11.1. The van der Waals surface area contributed by atoms with Crippen LogP contribution in [0.5, 0.6) is 5.75 Å². The van der Waals surface area contributed by atoms with E-state index in [2.05, 4.69) is 10.0 Å². The maximum absolute atomic E-state index is 13.9. The van der Waals surface area contributed by atoms with Crippen LogP contribution in [0.2, 0.25) is 0 Å². The van der Waals surface area contributed by atoms with E-state index in [1.165, 1.54) is 26.2 Å². The molecule has 164 valence electrons. The van der Waals surface area contributed by atoms with Crippen molar-refractivity contribution in [3.8, 4) is 5.75 Å². The lowest BCUT2D eigenvalue weighted by atomic mass is 10.0. The zero-order chi connectivity index (χ0) is 22.8. The van der Waals surface area contributed by atoms with E-state index in [1.807, 2.05) is 19.9 Å². The largest absolute Gasteiger partial charge is 0.494 e. The van der Waals surface area contributed by atoms with E-state index in [-0.39, 0.29) is 10.6 Å². The summed E-state index contributed by atoms with van der Waals surface area (Å²) in [6.07, 6.45) is 0. The monoisotopic (exact) mass is 436 g/mol. The van der Waals surface area contributed by atoms with Gasteiger partial charge in [-0.2, -0.15) is 4.72 Å². The predicted molar refractivity (Wildman–Crippen MR) is 115 cm³/mol. The number of ether oxygens (including phenoxy) is 1. The number of hydrogen-bond acceptors (Lipinski definition) is 4. The van der Waals surface area contributed by atoms with Crippen LogP contribution in [0.3, 0.4) is 0 Å². The van der Waals surface area contributed by atoms with Gasteiger partial charge in [0, 0.05) is 0 Å². The summed E-state index contributed by atoms with van der Waals surface area (Å²) in [6.45, 7) is 10.4. The molecular formula is C22H29FN2O4S. The summed E-state index contributed by atoms with van der Waals surface area (Å²) in [4.78, 5) is 12.8. The molecule has 0 aromatic heterocycles. The SMILES string of the molecule is COc1ccc(C(C)NC(=O)[C@H](C)NS(=O)(=O)c2c(C)c(C)cc(C)c2C)cc1F. The van der Waals surface area contributed by atoms with Gasteiger partial charge in [-0.1, -0.05) is 12.1 Å². The molecule has 1 unspecified atom stereocenters. The predicted octanol–water partition coefficient (Wildman–Crippen LogP) is 3.61. The smallest absolute Gasteiger partial charge is 0.241 e. The second kappa shape index (κ2) is 9.14. The molecule has 0 heterocycles. The van der Waals surface area contributed by atoms with Gasteiger partial charge >= 0.3 is 0 Å². The molecular weight excluding hydrogens is 407 g/mol. The molecule has 1 amide bonds. The third kappa shape index (κ3) is 4.99. The van der Waals surface area contributed by atoms with Gasteiger partial charge in [0.25, 0.3) is 0 Å². The summed E-state index contributed by atoms with van der Waals surface area (Å²) in [5.41, 5.74) is 3.58. The maximum Gasteiger partial charge on any atom is 0.241 e. The lowest BCUT2D eigenvalue weighted by Gasteiger charge is -2.21. The Bertz CT molecular complexity index is 1040. The minimum Gasteiger partial charge on any atom is -0.494 e. The first-order chi connectivity index (χ1) is 13.9. The quantitative estimate of drug-likeness (QED) is 0.694. The van der Waals surface area contributed by atoms with Crippen LogP contribution in [0.4, 0.5) is 4.39 Å². The van der Waals surface area contributed by atoms with Crippen LogP contribution in [0.25, 0.3) is 0 Å². The van der Waals surface area contributed by atoms with Crippen LogP contribution < -0.4 is 14.8 Å². The molecule has 0 spiro atoms. The number of halogens is 1. The fourth-order valence-corrected chi connectivity index (χ4v) is 5.12. The number of nitrogens with one attached hydrogen (secondary N) is 2. The summed E-state index contributed by atoms with van der Waals surface area (Å²) >= 11 is 0. The Morgan fingerprint density at radius 1 is 1.03 bits per heavy atom. The van der Waals surface area contributed by atoms with Crippen LogP contribution in [0.15, 0.2) is 29.2 Å². The van der Waals surface area contributed by atoms with Crippen molar-refractivity contribution in [3.63, 3.8) is 0 Å². The fraction of sp³-hybridized carbons (Fsp3) is 0.409. The van der Waals surface area contributed by atoms with Crippen LogP contribution >= 0.6 is 0 Å². The molecule has 0 radical (unpaired) electrons. The summed E-state index contributed by atoms with van der Waals surface area (Å²) in [7, 11) is -2.54. The topological polar surface area (TPSA) is 84.5 Å². The molecule has 0 aliphatic carbocycles. The van der Waals surface area contributed by atoms with E-state index < -0.39 is 33.8 Å². The van der Waals surface area contributed by atoms with Gasteiger partial charge in [-0.15, -0.1) is 0 Å². The molecule has 30 heavy (non-hydrogen) atoms. The first kappa shape index (κ1) is 23.8. The summed E-state index contributed by atoms with van der Waals surface area (Å²) < 4.78 is 47.3. The van der Waals surface area contributed by atoms with Gasteiger partial charge in [-0.25, -0.2) is 12.8 Å². The van der Waals surface area contributed by atoms with Crippen molar-refractivity contribution in [3.05, 3.63) is 57.9 Å². The number of rotatable bonds is 7. The average molecular weight is 437 g/mol. The van der Waals surface area contributed by atoms with Crippen molar-refractivity contribution in [2.75, 3.05) is 7.11 Å². The zero-order valence-corrected chi connectivity index (χ0v) is 19.2. The Kier molecular flexibility index (Phi) is 7.26. The van der Waals surface area contributed by atoms with Crippen molar-refractivity contribution in [1.29, 1.82) is 0 Å². The minimum atomic E-state index is -3.91. The molecule has 0 saturated carbocycles. The number of hydrogen-bond donors (Lipinski definition) is 2. The van der Waals surface area contributed by atoms with Gasteiger partial charge in [0.1, 0.15) is 0 Å². The lowest BCUT2D eigenvalue weighted by Crippen LogP contribution is -2.45. The van der Waals surface area contributed by atoms with Gasteiger partial charge in [-0.3, -0.25) is 4.79 Å². The van der Waals surface area contributed by atoms with Gasteiger partial charge in [0.05, 0.1) is 24.1 Å². The Hall–Kier alpha value is -2.45. The summed E-state index contributed by atoms with van der Waals surface area (Å²) in [5.74, 6) is -0.940. The average Bonchev–Trinajstić information content (AvgIpc) is 2.65. The molecule has 0 saturated heterocycles. The van der Waals surface area contributed by atoms with Crippen molar-refractivity contribution < 1.29 is 22.3 Å². The van der Waals surface area contributed by atoms with Crippen molar-refractivity contribution in [2.24, 2.45) is 0 Å². The van der Waals surface area contributed by atoms with E-state index in [1.54, 1.807) is 26.8 Å². The fourth-order valence-electron chi connectivity index (χ4n) is 3.30. The van der Waals surface area contributed by atoms with Gasteiger partial charge in [0.15, 0.2) is 11.6 Å². The van der Waals surface area contributed by atoms with Crippen LogP contribution in [0, 0.1) is 33.5 Å².